The monoisotopic (exact) mass is 458 g/mol. The van der Waals surface area contributed by atoms with Crippen molar-refractivity contribution in [3.63, 3.8) is 0 Å². The van der Waals surface area contributed by atoms with Crippen LogP contribution in [0.15, 0.2) is 52.5 Å². The molecule has 3 rings (SSSR count). The molecule has 0 saturated carbocycles. The molecule has 1 saturated heterocycles. The third-order valence-corrected chi connectivity index (χ3v) is 6.46. The Kier molecular flexibility index (Phi) is 7.77. The van der Waals surface area contributed by atoms with Gasteiger partial charge in [0.1, 0.15) is 6.07 Å². The van der Waals surface area contributed by atoms with Gasteiger partial charge in [0.2, 0.25) is 10.0 Å². The minimum atomic E-state index is -3.71. The molecular formula is C21H22N4O6S. The zero-order chi connectivity index (χ0) is 23.0. The first-order chi connectivity index (χ1) is 15.5. The highest BCUT2D eigenvalue weighted by molar-refractivity contribution is 7.89. The van der Waals surface area contributed by atoms with Crippen LogP contribution in [0.3, 0.4) is 0 Å². The van der Waals surface area contributed by atoms with E-state index in [9.17, 15) is 13.2 Å². The number of hydrazone groups is 1. The maximum atomic E-state index is 12.8. The molecule has 0 bridgehead atoms. The van der Waals surface area contributed by atoms with Crippen LogP contribution in [0.1, 0.15) is 15.9 Å². The Balaban J connectivity index is 1.68. The number of nitriles is 1. The number of rotatable bonds is 8. The highest BCUT2D eigenvalue weighted by Crippen LogP contribution is 2.27. The first-order valence-electron chi connectivity index (χ1n) is 9.65. The topological polar surface area (TPSA) is 130 Å². The Morgan fingerprint density at radius 1 is 1.25 bits per heavy atom. The molecule has 32 heavy (non-hydrogen) atoms. The van der Waals surface area contributed by atoms with Crippen molar-refractivity contribution in [1.82, 2.24) is 9.73 Å². The molecule has 1 fully saturated rings. The summed E-state index contributed by atoms with van der Waals surface area (Å²) in [5, 5.41) is 12.5. The summed E-state index contributed by atoms with van der Waals surface area (Å²) in [6.45, 7) is 1.11. The third kappa shape index (κ3) is 5.61. The van der Waals surface area contributed by atoms with E-state index in [0.717, 1.165) is 0 Å². The summed E-state index contributed by atoms with van der Waals surface area (Å²) < 4.78 is 42.6. The molecule has 1 heterocycles. The van der Waals surface area contributed by atoms with Crippen molar-refractivity contribution in [2.75, 3.05) is 40.0 Å². The SMILES string of the molecule is COc1cc(/C=N/NC(=O)c2cccc(S(=O)(=O)N3CCOCC3)c2)ccc1OCC#N. The number of nitrogens with one attached hydrogen (secondary N) is 1. The van der Waals surface area contributed by atoms with Crippen LogP contribution in [0.2, 0.25) is 0 Å². The van der Waals surface area contributed by atoms with Gasteiger partial charge in [0.15, 0.2) is 18.1 Å². The molecule has 1 N–H and O–H groups in total. The average molecular weight is 458 g/mol. The summed E-state index contributed by atoms with van der Waals surface area (Å²) in [5.41, 5.74) is 3.16. The van der Waals surface area contributed by atoms with Crippen LogP contribution in [-0.2, 0) is 14.8 Å². The molecule has 0 atom stereocenters. The first-order valence-corrected chi connectivity index (χ1v) is 11.1. The largest absolute Gasteiger partial charge is 0.493 e. The standard InChI is InChI=1S/C21H22N4O6S/c1-29-20-13-16(5-6-19(20)31-10-7-22)15-23-24-21(26)17-3-2-4-18(14-17)32(27,28)25-8-11-30-12-9-25/h2-6,13-15H,8-12H2,1H3,(H,24,26)/b23-15+. The lowest BCUT2D eigenvalue weighted by Gasteiger charge is -2.26. The fourth-order valence-electron chi connectivity index (χ4n) is 2.96. The lowest BCUT2D eigenvalue weighted by molar-refractivity contribution is 0.0730. The third-order valence-electron chi connectivity index (χ3n) is 4.56. The molecule has 2 aromatic carbocycles. The molecule has 10 nitrogen and oxygen atoms in total. The number of sulfonamides is 1. The summed E-state index contributed by atoms with van der Waals surface area (Å²) in [4.78, 5) is 12.5. The number of ether oxygens (including phenoxy) is 3. The predicted molar refractivity (Wildman–Crippen MR) is 115 cm³/mol. The smallest absolute Gasteiger partial charge is 0.271 e. The second-order valence-electron chi connectivity index (χ2n) is 6.60. The Morgan fingerprint density at radius 3 is 2.75 bits per heavy atom. The second-order valence-corrected chi connectivity index (χ2v) is 8.54. The van der Waals surface area contributed by atoms with E-state index >= 15 is 0 Å². The van der Waals surface area contributed by atoms with E-state index in [2.05, 4.69) is 10.5 Å². The molecule has 1 amide bonds. The van der Waals surface area contributed by atoms with Gasteiger partial charge in [0, 0.05) is 18.7 Å². The van der Waals surface area contributed by atoms with E-state index in [1.807, 2.05) is 6.07 Å². The molecule has 0 unspecified atom stereocenters. The van der Waals surface area contributed by atoms with E-state index in [0.29, 0.717) is 30.3 Å². The molecule has 1 aliphatic rings. The second kappa shape index (κ2) is 10.7. The molecule has 0 spiro atoms. The quantitative estimate of drug-likeness (QED) is 0.467. The number of hydrogen-bond acceptors (Lipinski definition) is 8. The van der Waals surface area contributed by atoms with Crippen LogP contribution in [0.5, 0.6) is 11.5 Å². The van der Waals surface area contributed by atoms with Gasteiger partial charge in [-0.2, -0.15) is 14.7 Å². The molecule has 1 aliphatic heterocycles. The van der Waals surface area contributed by atoms with Crippen LogP contribution in [-0.4, -0.2) is 64.9 Å². The van der Waals surface area contributed by atoms with E-state index in [4.69, 9.17) is 19.5 Å². The van der Waals surface area contributed by atoms with Crippen LogP contribution >= 0.6 is 0 Å². The van der Waals surface area contributed by atoms with Crippen molar-refractivity contribution in [3.05, 3.63) is 53.6 Å². The van der Waals surface area contributed by atoms with Crippen LogP contribution < -0.4 is 14.9 Å². The van der Waals surface area contributed by atoms with Gasteiger partial charge in [-0.3, -0.25) is 4.79 Å². The summed E-state index contributed by atoms with van der Waals surface area (Å²) in [6.07, 6.45) is 1.41. The van der Waals surface area contributed by atoms with Crippen molar-refractivity contribution in [2.45, 2.75) is 4.90 Å². The number of nitrogens with zero attached hydrogens (tertiary/aromatic N) is 3. The maximum absolute atomic E-state index is 12.8. The Morgan fingerprint density at radius 2 is 2.03 bits per heavy atom. The lowest BCUT2D eigenvalue weighted by Crippen LogP contribution is -2.40. The number of hydrogen-bond donors (Lipinski definition) is 1. The summed E-state index contributed by atoms with van der Waals surface area (Å²) in [7, 11) is -2.24. The maximum Gasteiger partial charge on any atom is 0.271 e. The Bertz CT molecular complexity index is 1140. The van der Waals surface area contributed by atoms with Crippen molar-refractivity contribution >= 4 is 22.1 Å². The fraction of sp³-hybridized carbons (Fsp3) is 0.286. The molecule has 0 aliphatic carbocycles. The van der Waals surface area contributed by atoms with Crippen LogP contribution in [0.4, 0.5) is 0 Å². The van der Waals surface area contributed by atoms with Gasteiger partial charge in [-0.15, -0.1) is 0 Å². The lowest BCUT2D eigenvalue weighted by atomic mass is 10.2. The number of carbonyl (C=O) groups excluding carboxylic acids is 1. The Hall–Kier alpha value is -3.46. The van der Waals surface area contributed by atoms with E-state index in [-0.39, 0.29) is 30.2 Å². The van der Waals surface area contributed by atoms with Gasteiger partial charge in [-0.05, 0) is 42.0 Å². The highest BCUT2D eigenvalue weighted by Gasteiger charge is 2.26. The van der Waals surface area contributed by atoms with Gasteiger partial charge in [-0.25, -0.2) is 13.8 Å². The Labute approximate surface area is 186 Å². The van der Waals surface area contributed by atoms with Gasteiger partial charge in [-0.1, -0.05) is 6.07 Å². The molecule has 168 valence electrons. The molecule has 0 radical (unpaired) electrons. The number of carbonyl (C=O) groups is 1. The average Bonchev–Trinajstić information content (AvgIpc) is 2.83. The van der Waals surface area contributed by atoms with E-state index in [1.165, 1.54) is 41.9 Å². The van der Waals surface area contributed by atoms with Crippen molar-refractivity contribution in [2.24, 2.45) is 5.10 Å². The highest BCUT2D eigenvalue weighted by atomic mass is 32.2. The molecular weight excluding hydrogens is 436 g/mol. The van der Waals surface area contributed by atoms with E-state index < -0.39 is 15.9 Å². The van der Waals surface area contributed by atoms with Crippen molar-refractivity contribution in [3.8, 4) is 17.6 Å². The van der Waals surface area contributed by atoms with E-state index in [1.54, 1.807) is 18.2 Å². The van der Waals surface area contributed by atoms with Crippen LogP contribution in [0.25, 0.3) is 0 Å². The molecule has 11 heteroatoms. The van der Waals surface area contributed by atoms with Crippen LogP contribution in [0, 0.1) is 11.3 Å². The van der Waals surface area contributed by atoms with Gasteiger partial charge < -0.3 is 14.2 Å². The number of morpholine rings is 1. The molecule has 0 aromatic heterocycles. The first kappa shape index (κ1) is 23.2. The van der Waals surface area contributed by atoms with Gasteiger partial charge >= 0.3 is 0 Å². The van der Waals surface area contributed by atoms with Gasteiger partial charge in [0.25, 0.3) is 5.91 Å². The minimum absolute atomic E-state index is 0.0359. The molecule has 2 aromatic rings. The fourth-order valence-corrected chi connectivity index (χ4v) is 4.41. The predicted octanol–water partition coefficient (Wildman–Crippen LogP) is 1.38. The summed E-state index contributed by atoms with van der Waals surface area (Å²) in [5.74, 6) is 0.270. The van der Waals surface area contributed by atoms with Crippen molar-refractivity contribution < 1.29 is 27.4 Å². The summed E-state index contributed by atoms with van der Waals surface area (Å²) >= 11 is 0. The zero-order valence-corrected chi connectivity index (χ0v) is 18.2. The van der Waals surface area contributed by atoms with Crippen molar-refractivity contribution in [1.29, 1.82) is 5.26 Å². The number of methoxy groups -OCH3 is 1. The minimum Gasteiger partial charge on any atom is -0.493 e. The van der Waals surface area contributed by atoms with Gasteiger partial charge in [0.05, 0.1) is 31.4 Å². The number of amides is 1. The number of benzene rings is 2. The normalized spacial score (nSPS) is 14.6. The summed E-state index contributed by atoms with van der Waals surface area (Å²) in [6, 6.07) is 12.6. The zero-order valence-electron chi connectivity index (χ0n) is 17.4.